The third kappa shape index (κ3) is 7.32. The summed E-state index contributed by atoms with van der Waals surface area (Å²) in [4.78, 5) is 0. The summed E-state index contributed by atoms with van der Waals surface area (Å²) in [6.07, 6.45) is -27.6. The van der Waals surface area contributed by atoms with Gasteiger partial charge in [0, 0.05) is 6.61 Å². The highest BCUT2D eigenvalue weighted by Crippen LogP contribution is 2.62. The zero-order valence-electron chi connectivity index (χ0n) is 22.1. The quantitative estimate of drug-likeness (QED) is 0.0611. The Morgan fingerprint density at radius 1 is 0.543 bits per heavy atom. The molecule has 0 radical (unpaired) electrons. The Morgan fingerprint density at radius 2 is 0.935 bits per heavy atom. The summed E-state index contributed by atoms with van der Waals surface area (Å²) in [6, 6.07) is 0. The smallest absolute Gasteiger partial charge is 0.353 e. The Hall–Kier alpha value is -1.68. The zero-order chi connectivity index (χ0) is 37.6. The van der Waals surface area contributed by atoms with Gasteiger partial charge in [-0.25, -0.2) is 0 Å². The van der Waals surface area contributed by atoms with Gasteiger partial charge in [-0.05, 0) is 20.3 Å². The van der Waals surface area contributed by atoms with Crippen molar-refractivity contribution in [3.8, 4) is 0 Å². The van der Waals surface area contributed by atoms with Crippen molar-refractivity contribution >= 4 is 10.1 Å². The first-order valence-corrected chi connectivity index (χ1v) is 12.6. The molecule has 28 heteroatoms. The lowest BCUT2D eigenvalue weighted by atomic mass is 9.97. The molecular weight excluding hydrogens is 743 g/mol. The number of alkyl halides is 21. The standard InChI is InChI=1S/C18H17F21O6S/c1-4-5-6-42-7(2)43-8(3)44-16(34,35)12(25,26)9(19,20)10(21,22)13(27,28)17(36,37)45-46(40,41)18(38,39)14(29,30)11(23,24)15(31,32)33/h7-8H,4-6H2,1-3H3. The Morgan fingerprint density at radius 3 is 1.30 bits per heavy atom. The second kappa shape index (κ2) is 13.0. The van der Waals surface area contributed by atoms with E-state index in [4.69, 9.17) is 4.74 Å². The van der Waals surface area contributed by atoms with E-state index in [0.29, 0.717) is 6.42 Å². The molecule has 0 aromatic carbocycles. The molecule has 278 valence electrons. The number of unbranched alkanes of at least 4 members (excludes halogenated alkanes) is 1. The van der Waals surface area contributed by atoms with E-state index in [1.807, 2.05) is 0 Å². The second-order valence-electron chi connectivity index (χ2n) is 8.65. The molecule has 0 saturated carbocycles. The molecule has 0 fully saturated rings. The van der Waals surface area contributed by atoms with Gasteiger partial charge in [-0.1, -0.05) is 13.3 Å². The fourth-order valence-electron chi connectivity index (χ4n) is 2.53. The molecule has 0 aliphatic heterocycles. The molecule has 0 aliphatic carbocycles. The highest BCUT2D eigenvalue weighted by atomic mass is 32.2. The van der Waals surface area contributed by atoms with Gasteiger partial charge in [0.2, 0.25) is 0 Å². The SMILES string of the molecule is CCCCOC(C)OC(C)OC(F)(F)C(F)(F)C(F)(F)C(F)(F)C(F)(F)C(F)(F)OS(=O)(=O)C(F)(F)C(F)(F)C(F)(F)C(F)(F)F. The number of rotatable bonds is 18. The maximum Gasteiger partial charge on any atom is 0.460 e. The van der Waals surface area contributed by atoms with E-state index in [1.165, 1.54) is 4.18 Å². The van der Waals surface area contributed by atoms with Crippen LogP contribution in [0.5, 0.6) is 0 Å². The predicted molar refractivity (Wildman–Crippen MR) is 103 cm³/mol. The van der Waals surface area contributed by atoms with Crippen LogP contribution < -0.4 is 0 Å². The Balaban J connectivity index is 6.60. The lowest BCUT2D eigenvalue weighted by Gasteiger charge is -2.41. The molecule has 0 saturated heterocycles. The molecule has 2 atom stereocenters. The van der Waals surface area contributed by atoms with Gasteiger partial charge in [0.05, 0.1) is 0 Å². The molecule has 0 spiro atoms. The number of hydrogen-bond acceptors (Lipinski definition) is 6. The molecule has 0 bridgehead atoms. The highest BCUT2D eigenvalue weighted by molar-refractivity contribution is 7.87. The van der Waals surface area contributed by atoms with Gasteiger partial charge in [0.1, 0.15) is 0 Å². The summed E-state index contributed by atoms with van der Waals surface area (Å²) in [5.74, 6) is -51.3. The molecule has 0 heterocycles. The lowest BCUT2D eigenvalue weighted by molar-refractivity contribution is -0.481. The summed E-state index contributed by atoms with van der Waals surface area (Å²) in [5.41, 5.74) is 0. The highest BCUT2D eigenvalue weighted by Gasteiger charge is 2.93. The topological polar surface area (TPSA) is 71.1 Å². The van der Waals surface area contributed by atoms with Crippen molar-refractivity contribution in [2.24, 2.45) is 0 Å². The zero-order valence-corrected chi connectivity index (χ0v) is 22.9. The van der Waals surface area contributed by atoms with Crippen LogP contribution in [0.4, 0.5) is 92.2 Å². The summed E-state index contributed by atoms with van der Waals surface area (Å²) in [7, 11) is -9.27. The molecule has 0 N–H and O–H groups in total. The minimum Gasteiger partial charge on any atom is -0.353 e. The molecule has 46 heavy (non-hydrogen) atoms. The van der Waals surface area contributed by atoms with Crippen molar-refractivity contribution in [3.05, 3.63) is 0 Å². The van der Waals surface area contributed by atoms with E-state index in [2.05, 4.69) is 9.47 Å². The first-order valence-electron chi connectivity index (χ1n) is 11.2. The molecule has 2 unspecified atom stereocenters. The summed E-state index contributed by atoms with van der Waals surface area (Å²) < 4.78 is 317. The molecule has 0 aromatic rings. The molecule has 0 rings (SSSR count). The summed E-state index contributed by atoms with van der Waals surface area (Å²) in [5, 5.41) is -8.49. The predicted octanol–water partition coefficient (Wildman–Crippen LogP) is 8.03. The first-order chi connectivity index (χ1) is 19.8. The molecule has 6 nitrogen and oxygen atoms in total. The third-order valence-electron chi connectivity index (χ3n) is 5.11. The second-order valence-corrected chi connectivity index (χ2v) is 10.2. The molecule has 0 aliphatic rings. The van der Waals surface area contributed by atoms with Crippen molar-refractivity contribution in [3.63, 3.8) is 0 Å². The average molecular weight is 760 g/mol. The van der Waals surface area contributed by atoms with E-state index < -0.39 is 81.9 Å². The average Bonchev–Trinajstić information content (AvgIpc) is 2.81. The maximum absolute atomic E-state index is 13.9. The van der Waals surface area contributed by atoms with Gasteiger partial charge in [-0.15, -0.1) is 0 Å². The Bertz CT molecular complexity index is 1140. The van der Waals surface area contributed by atoms with Gasteiger partial charge in [-0.3, -0.25) is 4.74 Å². The minimum absolute atomic E-state index is 0.152. The van der Waals surface area contributed by atoms with Crippen molar-refractivity contribution < 1.29 is 119 Å². The van der Waals surface area contributed by atoms with Gasteiger partial charge >= 0.3 is 69.3 Å². The van der Waals surface area contributed by atoms with Gasteiger partial charge in [0.15, 0.2) is 12.6 Å². The monoisotopic (exact) mass is 760 g/mol. The van der Waals surface area contributed by atoms with Crippen LogP contribution >= 0.6 is 0 Å². The van der Waals surface area contributed by atoms with E-state index in [-0.39, 0.29) is 20.0 Å². The normalized spacial score (nSPS) is 17.3. The Kier molecular flexibility index (Phi) is 12.5. The molecule has 0 aromatic heterocycles. The van der Waals surface area contributed by atoms with E-state index in [0.717, 1.165) is 6.92 Å². The number of hydrogen-bond donors (Lipinski definition) is 0. The minimum atomic E-state index is -9.27. The van der Waals surface area contributed by atoms with Crippen LogP contribution in [0.2, 0.25) is 0 Å². The van der Waals surface area contributed by atoms with Crippen molar-refractivity contribution in [2.45, 2.75) is 105 Å². The van der Waals surface area contributed by atoms with Crippen LogP contribution in [0.15, 0.2) is 0 Å². The van der Waals surface area contributed by atoms with Crippen molar-refractivity contribution in [1.82, 2.24) is 0 Å². The van der Waals surface area contributed by atoms with Crippen molar-refractivity contribution in [2.75, 3.05) is 6.61 Å². The fourth-order valence-corrected chi connectivity index (χ4v) is 3.46. The third-order valence-corrected chi connectivity index (χ3v) is 6.42. The van der Waals surface area contributed by atoms with E-state index >= 15 is 0 Å². The number of ether oxygens (including phenoxy) is 3. The van der Waals surface area contributed by atoms with Gasteiger partial charge in [-0.2, -0.15) is 105 Å². The van der Waals surface area contributed by atoms with E-state index in [1.54, 1.807) is 6.92 Å². The van der Waals surface area contributed by atoms with Crippen LogP contribution in [-0.4, -0.2) is 86.8 Å². The molecule has 0 amide bonds. The van der Waals surface area contributed by atoms with Gasteiger partial charge < -0.3 is 9.47 Å². The van der Waals surface area contributed by atoms with Gasteiger partial charge in [0.25, 0.3) is 0 Å². The summed E-state index contributed by atoms with van der Waals surface area (Å²) >= 11 is 0. The largest absolute Gasteiger partial charge is 0.460 e. The van der Waals surface area contributed by atoms with Crippen LogP contribution in [0, 0.1) is 0 Å². The van der Waals surface area contributed by atoms with Crippen LogP contribution in [0.1, 0.15) is 33.6 Å². The van der Waals surface area contributed by atoms with Crippen molar-refractivity contribution in [1.29, 1.82) is 0 Å². The summed E-state index contributed by atoms with van der Waals surface area (Å²) in [6.45, 7) is 2.35. The van der Waals surface area contributed by atoms with Crippen LogP contribution in [0.25, 0.3) is 0 Å². The lowest BCUT2D eigenvalue weighted by Crippen LogP contribution is -2.72. The first kappa shape index (κ1) is 44.3. The number of halogens is 21. The molecular formula is C18H17F21O6S. The van der Waals surface area contributed by atoms with Crippen LogP contribution in [0.3, 0.4) is 0 Å². The van der Waals surface area contributed by atoms with Crippen LogP contribution in [-0.2, 0) is 28.5 Å². The van der Waals surface area contributed by atoms with E-state index in [9.17, 15) is 101 Å². The Labute approximate surface area is 242 Å². The fraction of sp³-hybridized carbons (Fsp3) is 1.00. The maximum atomic E-state index is 13.9.